The summed E-state index contributed by atoms with van der Waals surface area (Å²) in [6.07, 6.45) is 0. The zero-order valence-corrected chi connectivity index (χ0v) is 11.1. The molecule has 0 aromatic carbocycles. The van der Waals surface area contributed by atoms with Gasteiger partial charge in [0.25, 0.3) is 0 Å². The summed E-state index contributed by atoms with van der Waals surface area (Å²) in [6.45, 7) is 7.82. The molecule has 2 unspecified atom stereocenters. The molecular formula is C10H22N2O3S. The lowest BCUT2D eigenvalue weighted by Crippen LogP contribution is -2.56. The highest BCUT2D eigenvalue weighted by Gasteiger charge is 2.29. The van der Waals surface area contributed by atoms with Crippen LogP contribution in [-0.4, -0.2) is 56.9 Å². The summed E-state index contributed by atoms with van der Waals surface area (Å²) in [4.78, 5) is 0. The first-order chi connectivity index (χ1) is 7.45. The Morgan fingerprint density at radius 1 is 1.31 bits per heavy atom. The van der Waals surface area contributed by atoms with Crippen molar-refractivity contribution in [3.05, 3.63) is 0 Å². The fourth-order valence-corrected chi connectivity index (χ4v) is 3.43. The van der Waals surface area contributed by atoms with Crippen LogP contribution in [0, 0.1) is 0 Å². The van der Waals surface area contributed by atoms with Gasteiger partial charge in [-0.05, 0) is 20.8 Å². The Morgan fingerprint density at radius 3 is 2.38 bits per heavy atom. The Labute approximate surface area is 98.2 Å². The molecule has 1 aliphatic heterocycles. The second-order valence-corrected chi connectivity index (χ2v) is 6.39. The lowest BCUT2D eigenvalue weighted by Gasteiger charge is -2.35. The Balaban J connectivity index is 2.53. The van der Waals surface area contributed by atoms with E-state index in [1.54, 1.807) is 4.31 Å². The average Bonchev–Trinajstić information content (AvgIpc) is 2.16. The molecule has 5 nitrogen and oxygen atoms in total. The van der Waals surface area contributed by atoms with Gasteiger partial charge in [-0.3, -0.25) is 0 Å². The molecule has 1 heterocycles. The summed E-state index contributed by atoms with van der Waals surface area (Å²) in [5.74, 6) is 0.0836. The van der Waals surface area contributed by atoms with Gasteiger partial charge < -0.3 is 10.1 Å². The van der Waals surface area contributed by atoms with E-state index in [0.29, 0.717) is 19.7 Å². The molecule has 1 N–H and O–H groups in total. The second kappa shape index (κ2) is 5.95. The van der Waals surface area contributed by atoms with E-state index in [1.165, 1.54) is 0 Å². The van der Waals surface area contributed by atoms with Gasteiger partial charge in [-0.25, -0.2) is 8.42 Å². The number of hydrogen-bond acceptors (Lipinski definition) is 4. The minimum atomic E-state index is -3.15. The van der Waals surface area contributed by atoms with Crippen molar-refractivity contribution in [1.82, 2.24) is 9.62 Å². The van der Waals surface area contributed by atoms with Crippen molar-refractivity contribution in [2.75, 3.05) is 32.1 Å². The van der Waals surface area contributed by atoms with E-state index >= 15 is 0 Å². The maximum absolute atomic E-state index is 12.0. The topological polar surface area (TPSA) is 58.6 Å². The van der Waals surface area contributed by atoms with Crippen LogP contribution < -0.4 is 5.32 Å². The molecule has 0 bridgehead atoms. The highest BCUT2D eigenvalue weighted by molar-refractivity contribution is 7.89. The minimum Gasteiger partial charge on any atom is -0.381 e. The Bertz CT molecular complexity index is 295. The van der Waals surface area contributed by atoms with Crippen LogP contribution >= 0.6 is 0 Å². The summed E-state index contributed by atoms with van der Waals surface area (Å²) >= 11 is 0. The maximum atomic E-state index is 12.0. The van der Waals surface area contributed by atoms with Gasteiger partial charge in [-0.1, -0.05) is 0 Å². The number of ether oxygens (including phenoxy) is 1. The van der Waals surface area contributed by atoms with Gasteiger partial charge in [0.05, 0.1) is 12.4 Å². The summed E-state index contributed by atoms with van der Waals surface area (Å²) in [7, 11) is -3.15. The van der Waals surface area contributed by atoms with Gasteiger partial charge >= 0.3 is 0 Å². The largest absolute Gasteiger partial charge is 0.381 e. The van der Waals surface area contributed by atoms with Gasteiger partial charge in [0.1, 0.15) is 0 Å². The van der Waals surface area contributed by atoms with Crippen molar-refractivity contribution in [1.29, 1.82) is 0 Å². The lowest BCUT2D eigenvalue weighted by molar-refractivity contribution is 0.161. The number of sulfonamides is 1. The van der Waals surface area contributed by atoms with E-state index in [1.807, 2.05) is 20.8 Å². The van der Waals surface area contributed by atoms with Crippen LogP contribution in [0.4, 0.5) is 0 Å². The number of hydrogen-bond donors (Lipinski definition) is 1. The molecular weight excluding hydrogens is 228 g/mol. The smallest absolute Gasteiger partial charge is 0.216 e. The highest BCUT2D eigenvalue weighted by Crippen LogP contribution is 2.10. The van der Waals surface area contributed by atoms with E-state index in [9.17, 15) is 8.42 Å². The quantitative estimate of drug-likeness (QED) is 0.700. The van der Waals surface area contributed by atoms with Gasteiger partial charge in [0.2, 0.25) is 10.0 Å². The lowest BCUT2D eigenvalue weighted by atomic mass is 10.2. The normalized spacial score (nSPS) is 28.2. The number of nitrogens with one attached hydrogen (secondary N) is 1. The number of rotatable bonds is 5. The highest BCUT2D eigenvalue weighted by atomic mass is 32.2. The predicted octanol–water partition coefficient (Wildman–Crippen LogP) is 0.0349. The molecule has 1 saturated heterocycles. The molecule has 1 fully saturated rings. The molecule has 0 aliphatic carbocycles. The Hall–Kier alpha value is -0.170. The van der Waals surface area contributed by atoms with Crippen LogP contribution in [0.1, 0.15) is 20.8 Å². The Kier molecular flexibility index (Phi) is 5.17. The summed E-state index contributed by atoms with van der Waals surface area (Å²) in [6, 6.07) is 0.427. The summed E-state index contributed by atoms with van der Waals surface area (Å²) in [5, 5.41) is 3.31. The molecule has 6 heteroatoms. The molecule has 0 radical (unpaired) electrons. The Morgan fingerprint density at radius 2 is 1.88 bits per heavy atom. The fourth-order valence-electron chi connectivity index (χ4n) is 1.94. The number of piperazine rings is 1. The molecule has 0 spiro atoms. The van der Waals surface area contributed by atoms with E-state index in [4.69, 9.17) is 4.74 Å². The third-order valence-corrected chi connectivity index (χ3v) is 4.37. The van der Waals surface area contributed by atoms with Crippen LogP contribution in [-0.2, 0) is 14.8 Å². The van der Waals surface area contributed by atoms with Crippen LogP contribution in [0.3, 0.4) is 0 Å². The summed E-state index contributed by atoms with van der Waals surface area (Å²) in [5.41, 5.74) is 0. The zero-order chi connectivity index (χ0) is 12.2. The van der Waals surface area contributed by atoms with E-state index in [0.717, 1.165) is 0 Å². The first-order valence-corrected chi connectivity index (χ1v) is 7.38. The van der Waals surface area contributed by atoms with Crippen molar-refractivity contribution in [3.8, 4) is 0 Å². The molecule has 0 aromatic heterocycles. The van der Waals surface area contributed by atoms with Crippen molar-refractivity contribution in [2.24, 2.45) is 0 Å². The minimum absolute atomic E-state index is 0.0836. The van der Waals surface area contributed by atoms with Gasteiger partial charge in [0, 0.05) is 31.8 Å². The standard InChI is InChI=1S/C10H22N2O3S/c1-4-15-5-6-16(13,14)12-7-9(2)11-10(3)8-12/h9-11H,4-8H2,1-3H3. The van der Waals surface area contributed by atoms with Crippen LogP contribution in [0.2, 0.25) is 0 Å². The molecule has 96 valence electrons. The van der Waals surface area contributed by atoms with Gasteiger partial charge in [0.15, 0.2) is 0 Å². The molecule has 0 saturated carbocycles. The first-order valence-electron chi connectivity index (χ1n) is 5.77. The van der Waals surface area contributed by atoms with Gasteiger partial charge in [-0.2, -0.15) is 4.31 Å². The summed E-state index contributed by atoms with van der Waals surface area (Å²) < 4.78 is 30.6. The monoisotopic (exact) mass is 250 g/mol. The maximum Gasteiger partial charge on any atom is 0.216 e. The van der Waals surface area contributed by atoms with Crippen molar-refractivity contribution in [2.45, 2.75) is 32.9 Å². The molecule has 1 aliphatic rings. The first kappa shape index (κ1) is 13.9. The van der Waals surface area contributed by atoms with E-state index in [2.05, 4.69) is 5.32 Å². The molecule has 1 rings (SSSR count). The van der Waals surface area contributed by atoms with Crippen molar-refractivity contribution < 1.29 is 13.2 Å². The van der Waals surface area contributed by atoms with Crippen molar-refractivity contribution >= 4 is 10.0 Å². The predicted molar refractivity (Wildman–Crippen MR) is 63.9 cm³/mol. The van der Waals surface area contributed by atoms with Crippen LogP contribution in [0.25, 0.3) is 0 Å². The third kappa shape index (κ3) is 4.01. The molecule has 2 atom stereocenters. The average molecular weight is 250 g/mol. The van der Waals surface area contributed by atoms with Crippen molar-refractivity contribution in [3.63, 3.8) is 0 Å². The molecule has 16 heavy (non-hydrogen) atoms. The van der Waals surface area contributed by atoms with Crippen LogP contribution in [0.5, 0.6) is 0 Å². The fraction of sp³-hybridized carbons (Fsp3) is 1.00. The van der Waals surface area contributed by atoms with Gasteiger partial charge in [-0.15, -0.1) is 0 Å². The molecule has 0 aromatic rings. The van der Waals surface area contributed by atoms with E-state index < -0.39 is 10.0 Å². The SMILES string of the molecule is CCOCCS(=O)(=O)N1CC(C)NC(C)C1. The number of nitrogens with zero attached hydrogens (tertiary/aromatic N) is 1. The third-order valence-electron chi connectivity index (χ3n) is 2.61. The second-order valence-electron chi connectivity index (χ2n) is 4.30. The molecule has 0 amide bonds. The van der Waals surface area contributed by atoms with Crippen LogP contribution in [0.15, 0.2) is 0 Å². The zero-order valence-electron chi connectivity index (χ0n) is 10.3. The van der Waals surface area contributed by atoms with E-state index in [-0.39, 0.29) is 24.4 Å².